The zero-order valence-corrected chi connectivity index (χ0v) is 12.9. The van der Waals surface area contributed by atoms with Crippen molar-refractivity contribution in [2.24, 2.45) is 11.1 Å². The molecule has 1 aromatic rings. The van der Waals surface area contributed by atoms with Gasteiger partial charge in [0.05, 0.1) is 0 Å². The van der Waals surface area contributed by atoms with Gasteiger partial charge in [-0.3, -0.25) is 0 Å². The molecule has 102 valence electrons. The molecule has 0 radical (unpaired) electrons. The van der Waals surface area contributed by atoms with Gasteiger partial charge in [-0.05, 0) is 35.5 Å². The minimum absolute atomic E-state index is 0.183. The predicted molar refractivity (Wildman–Crippen MR) is 86.5 cm³/mol. The Hall–Kier alpha value is -1.15. The van der Waals surface area contributed by atoms with Gasteiger partial charge in [0.25, 0.3) is 0 Å². The highest BCUT2D eigenvalue weighted by Gasteiger charge is 2.26. The van der Waals surface area contributed by atoms with E-state index in [0.29, 0.717) is 0 Å². The fraction of sp³-hybridized carbons (Fsp3) is 0.412. The Morgan fingerprint density at radius 1 is 1.32 bits per heavy atom. The van der Waals surface area contributed by atoms with Gasteiger partial charge in [0.2, 0.25) is 0 Å². The zero-order chi connectivity index (χ0) is 14.0. The summed E-state index contributed by atoms with van der Waals surface area (Å²) in [5, 5.41) is 0. The molecule has 2 N–H and O–H groups in total. The van der Waals surface area contributed by atoms with E-state index in [4.69, 9.17) is 5.73 Å². The summed E-state index contributed by atoms with van der Waals surface area (Å²) in [5.74, 6) is 1.06. The quantitative estimate of drug-likeness (QED) is 0.793. The first kappa shape index (κ1) is 14.3. The van der Waals surface area contributed by atoms with Gasteiger partial charge < -0.3 is 5.73 Å². The van der Waals surface area contributed by atoms with Crippen molar-refractivity contribution in [1.29, 1.82) is 0 Å². The Labute approximate surface area is 122 Å². The van der Waals surface area contributed by atoms with Gasteiger partial charge in [-0.15, -0.1) is 0 Å². The van der Waals surface area contributed by atoms with Crippen LogP contribution in [0.15, 0.2) is 47.7 Å². The molecule has 1 aliphatic carbocycles. The third-order valence-electron chi connectivity index (χ3n) is 3.85. The molecule has 0 spiro atoms. The highest BCUT2D eigenvalue weighted by molar-refractivity contribution is 7.80. The summed E-state index contributed by atoms with van der Waals surface area (Å²) >= 11 is 4.56. The average molecular weight is 273 g/mol. The van der Waals surface area contributed by atoms with E-state index in [1.807, 2.05) is 0 Å². The standard InChI is InChI=1S/C17H23NS/c1-12-6-4-5-7-13(12)15(11-19)14-10-17(2,3)9-8-16(14)18/h4-8,10,15,19H,9,11,18H2,1-3H3. The lowest BCUT2D eigenvalue weighted by atomic mass is 9.77. The van der Waals surface area contributed by atoms with E-state index in [1.54, 1.807) is 0 Å². The molecule has 0 fully saturated rings. The maximum atomic E-state index is 6.22. The first-order valence-corrected chi connectivity index (χ1v) is 7.43. The van der Waals surface area contributed by atoms with Crippen LogP contribution in [0, 0.1) is 12.3 Å². The van der Waals surface area contributed by atoms with Crippen LogP contribution < -0.4 is 5.73 Å². The molecular formula is C17H23NS. The highest BCUT2D eigenvalue weighted by atomic mass is 32.1. The number of aryl methyl sites for hydroxylation is 1. The van der Waals surface area contributed by atoms with Crippen molar-refractivity contribution in [2.45, 2.75) is 33.1 Å². The number of allylic oxidation sites excluding steroid dienone is 3. The summed E-state index contributed by atoms with van der Waals surface area (Å²) in [6.45, 7) is 6.66. The lowest BCUT2D eigenvalue weighted by Crippen LogP contribution is -2.21. The molecule has 0 saturated heterocycles. The molecule has 2 heteroatoms. The van der Waals surface area contributed by atoms with Crippen LogP contribution in [0.25, 0.3) is 0 Å². The van der Waals surface area contributed by atoms with Gasteiger partial charge >= 0.3 is 0 Å². The number of hydrogen-bond donors (Lipinski definition) is 2. The second-order valence-electron chi connectivity index (χ2n) is 6.04. The van der Waals surface area contributed by atoms with Crippen LogP contribution in [0.3, 0.4) is 0 Å². The van der Waals surface area contributed by atoms with Crippen LogP contribution in [0.5, 0.6) is 0 Å². The minimum Gasteiger partial charge on any atom is -0.399 e. The molecule has 0 bridgehead atoms. The van der Waals surface area contributed by atoms with Crippen LogP contribution in [-0.2, 0) is 0 Å². The van der Waals surface area contributed by atoms with Gasteiger partial charge in [-0.25, -0.2) is 0 Å². The summed E-state index contributed by atoms with van der Waals surface area (Å²) in [5.41, 5.74) is 11.2. The molecule has 1 unspecified atom stereocenters. The lowest BCUT2D eigenvalue weighted by molar-refractivity contribution is 0.473. The first-order chi connectivity index (χ1) is 8.94. The Bertz CT molecular complexity index is 526. The van der Waals surface area contributed by atoms with E-state index in [2.05, 4.69) is 69.8 Å². The SMILES string of the molecule is Cc1ccccc1C(CS)C1=CC(C)(C)CC=C1N. The lowest BCUT2D eigenvalue weighted by Gasteiger charge is -2.30. The number of benzene rings is 1. The second-order valence-corrected chi connectivity index (χ2v) is 6.41. The fourth-order valence-corrected chi connectivity index (χ4v) is 3.09. The molecule has 0 heterocycles. The maximum Gasteiger partial charge on any atom is 0.0309 e. The molecule has 1 aromatic carbocycles. The predicted octanol–water partition coefficient (Wildman–Crippen LogP) is 4.21. The summed E-state index contributed by atoms with van der Waals surface area (Å²) in [6, 6.07) is 8.51. The topological polar surface area (TPSA) is 26.0 Å². The van der Waals surface area contributed by atoms with E-state index < -0.39 is 0 Å². The van der Waals surface area contributed by atoms with E-state index in [1.165, 1.54) is 16.7 Å². The average Bonchev–Trinajstić information content (AvgIpc) is 2.36. The number of nitrogens with two attached hydrogens (primary N) is 1. The van der Waals surface area contributed by atoms with Crippen molar-refractivity contribution >= 4 is 12.6 Å². The largest absolute Gasteiger partial charge is 0.399 e. The third-order valence-corrected chi connectivity index (χ3v) is 4.21. The molecule has 2 rings (SSSR count). The molecule has 0 amide bonds. The van der Waals surface area contributed by atoms with E-state index in [9.17, 15) is 0 Å². The highest BCUT2D eigenvalue weighted by Crippen LogP contribution is 2.38. The van der Waals surface area contributed by atoms with Crippen molar-refractivity contribution in [3.05, 3.63) is 58.8 Å². The van der Waals surface area contributed by atoms with Crippen LogP contribution >= 0.6 is 12.6 Å². The summed E-state index contributed by atoms with van der Waals surface area (Å²) in [4.78, 5) is 0. The minimum atomic E-state index is 0.183. The maximum absolute atomic E-state index is 6.22. The van der Waals surface area contributed by atoms with E-state index >= 15 is 0 Å². The van der Waals surface area contributed by atoms with Gasteiger partial charge in [0.1, 0.15) is 0 Å². The summed E-state index contributed by atoms with van der Waals surface area (Å²) in [7, 11) is 0. The van der Waals surface area contributed by atoms with Crippen LogP contribution in [0.4, 0.5) is 0 Å². The summed E-state index contributed by atoms with van der Waals surface area (Å²) < 4.78 is 0. The monoisotopic (exact) mass is 273 g/mol. The van der Waals surface area contributed by atoms with Crippen LogP contribution in [0.2, 0.25) is 0 Å². The van der Waals surface area contributed by atoms with Crippen molar-refractivity contribution < 1.29 is 0 Å². The third kappa shape index (κ3) is 3.06. The van der Waals surface area contributed by atoms with Gasteiger partial charge in [-0.1, -0.05) is 50.3 Å². The first-order valence-electron chi connectivity index (χ1n) is 6.80. The smallest absolute Gasteiger partial charge is 0.0309 e. The number of hydrogen-bond acceptors (Lipinski definition) is 2. The normalized spacial score (nSPS) is 19.6. The molecule has 1 aliphatic rings. The Morgan fingerprint density at radius 3 is 2.63 bits per heavy atom. The molecule has 1 nitrogen and oxygen atoms in total. The zero-order valence-electron chi connectivity index (χ0n) is 12.0. The van der Waals surface area contributed by atoms with Gasteiger partial charge in [-0.2, -0.15) is 12.6 Å². The molecule has 1 atom stereocenters. The Balaban J connectivity index is 2.45. The van der Waals surface area contributed by atoms with Gasteiger partial charge in [0.15, 0.2) is 0 Å². The van der Waals surface area contributed by atoms with Crippen molar-refractivity contribution in [3.8, 4) is 0 Å². The number of thiol groups is 1. The van der Waals surface area contributed by atoms with Gasteiger partial charge in [0, 0.05) is 17.4 Å². The number of rotatable bonds is 3. The van der Waals surface area contributed by atoms with Crippen LogP contribution in [-0.4, -0.2) is 5.75 Å². The van der Waals surface area contributed by atoms with E-state index in [0.717, 1.165) is 17.9 Å². The molecule has 0 aromatic heterocycles. The Kier molecular flexibility index (Phi) is 4.10. The Morgan fingerprint density at radius 2 is 2.00 bits per heavy atom. The molecule has 0 saturated carbocycles. The van der Waals surface area contributed by atoms with Crippen molar-refractivity contribution in [1.82, 2.24) is 0 Å². The second kappa shape index (κ2) is 5.46. The molecule has 0 aliphatic heterocycles. The van der Waals surface area contributed by atoms with Crippen molar-refractivity contribution in [3.63, 3.8) is 0 Å². The van der Waals surface area contributed by atoms with E-state index in [-0.39, 0.29) is 11.3 Å². The molecular weight excluding hydrogens is 250 g/mol. The summed E-state index contributed by atoms with van der Waals surface area (Å²) in [6.07, 6.45) is 5.50. The van der Waals surface area contributed by atoms with Crippen molar-refractivity contribution in [2.75, 3.05) is 5.75 Å². The van der Waals surface area contributed by atoms with Crippen LogP contribution in [0.1, 0.15) is 37.3 Å². The molecule has 19 heavy (non-hydrogen) atoms. The fourth-order valence-electron chi connectivity index (χ4n) is 2.70.